The fourth-order valence-electron chi connectivity index (χ4n) is 3.41. The van der Waals surface area contributed by atoms with E-state index in [0.29, 0.717) is 5.41 Å². The van der Waals surface area contributed by atoms with Gasteiger partial charge in [0.1, 0.15) is 0 Å². The zero-order chi connectivity index (χ0) is 8.18. The summed E-state index contributed by atoms with van der Waals surface area (Å²) in [5.74, 6) is 2.26. The number of rotatable bonds is 0. The van der Waals surface area contributed by atoms with Crippen molar-refractivity contribution in [2.45, 2.75) is 32.1 Å². The molecule has 2 saturated carbocycles. The summed E-state index contributed by atoms with van der Waals surface area (Å²) in [7, 11) is 0. The topological polar surface area (TPSA) is 29.1 Å². The Morgan fingerprint density at radius 1 is 1.25 bits per heavy atom. The lowest BCUT2D eigenvalue weighted by molar-refractivity contribution is -0.119. The molecule has 1 aliphatic heterocycles. The molecule has 1 spiro atoms. The molecule has 1 heterocycles. The summed E-state index contributed by atoms with van der Waals surface area (Å²) in [4.78, 5) is 11.1. The molecule has 0 aromatic rings. The molecule has 2 nitrogen and oxygen atoms in total. The largest absolute Gasteiger partial charge is 0.356 e. The highest BCUT2D eigenvalue weighted by Gasteiger charge is 2.51. The molecule has 2 atom stereocenters. The van der Waals surface area contributed by atoms with Crippen LogP contribution in [0.5, 0.6) is 0 Å². The number of fused-ring (bicyclic) bond motifs is 1. The van der Waals surface area contributed by atoms with Crippen molar-refractivity contribution in [3.8, 4) is 0 Å². The molecule has 2 aliphatic carbocycles. The van der Waals surface area contributed by atoms with Gasteiger partial charge >= 0.3 is 0 Å². The standard InChI is InChI=1S/C10H15NO/c12-9-5-10(6-11-9)3-7-1-2-8(7)4-10/h7-8H,1-6H2,(H,11,12)/t7-,8-/m0/s1. The van der Waals surface area contributed by atoms with Gasteiger partial charge in [-0.3, -0.25) is 4.79 Å². The van der Waals surface area contributed by atoms with Crippen LogP contribution in [0, 0.1) is 17.3 Å². The Morgan fingerprint density at radius 2 is 1.92 bits per heavy atom. The predicted molar refractivity (Wildman–Crippen MR) is 45.5 cm³/mol. The van der Waals surface area contributed by atoms with E-state index in [1.165, 1.54) is 25.7 Å². The first kappa shape index (κ1) is 6.93. The first-order chi connectivity index (χ1) is 5.77. The Bertz CT molecular complexity index is 224. The molecule has 3 fully saturated rings. The summed E-state index contributed by atoms with van der Waals surface area (Å²) < 4.78 is 0. The van der Waals surface area contributed by atoms with Crippen molar-refractivity contribution < 1.29 is 4.79 Å². The van der Waals surface area contributed by atoms with Crippen molar-refractivity contribution in [3.63, 3.8) is 0 Å². The summed E-state index contributed by atoms with van der Waals surface area (Å²) in [5, 5.41) is 2.98. The minimum absolute atomic E-state index is 0.288. The molecule has 0 aromatic heterocycles. The van der Waals surface area contributed by atoms with Crippen molar-refractivity contribution >= 4 is 5.91 Å². The lowest BCUT2D eigenvalue weighted by Gasteiger charge is -2.29. The zero-order valence-electron chi connectivity index (χ0n) is 7.31. The summed E-state index contributed by atoms with van der Waals surface area (Å²) in [6, 6.07) is 0. The van der Waals surface area contributed by atoms with Crippen LogP contribution in [-0.2, 0) is 4.79 Å². The van der Waals surface area contributed by atoms with Gasteiger partial charge in [0.25, 0.3) is 0 Å². The average molecular weight is 165 g/mol. The molecular formula is C10H15NO. The van der Waals surface area contributed by atoms with Gasteiger partial charge in [-0.15, -0.1) is 0 Å². The lowest BCUT2D eigenvalue weighted by Crippen LogP contribution is -2.20. The fourth-order valence-corrected chi connectivity index (χ4v) is 3.41. The average Bonchev–Trinajstić information content (AvgIpc) is 2.47. The van der Waals surface area contributed by atoms with Gasteiger partial charge in [0.15, 0.2) is 0 Å². The van der Waals surface area contributed by atoms with E-state index >= 15 is 0 Å². The summed E-state index contributed by atoms with van der Waals surface area (Å²) >= 11 is 0. The molecule has 0 radical (unpaired) electrons. The van der Waals surface area contributed by atoms with E-state index in [1.807, 2.05) is 0 Å². The number of hydrogen-bond acceptors (Lipinski definition) is 1. The Balaban J connectivity index is 1.80. The predicted octanol–water partition coefficient (Wildman–Crippen LogP) is 1.31. The maximum absolute atomic E-state index is 11.1. The first-order valence-electron chi connectivity index (χ1n) is 5.04. The number of hydrogen-bond donors (Lipinski definition) is 1. The van der Waals surface area contributed by atoms with Gasteiger partial charge < -0.3 is 5.32 Å². The van der Waals surface area contributed by atoms with Gasteiger partial charge in [0.2, 0.25) is 5.91 Å². The third-order valence-electron chi connectivity index (χ3n) is 4.16. The molecule has 2 heteroatoms. The second kappa shape index (κ2) is 2.04. The quantitative estimate of drug-likeness (QED) is 0.576. The number of amides is 1. The smallest absolute Gasteiger partial charge is 0.220 e. The highest BCUT2D eigenvalue weighted by molar-refractivity contribution is 5.79. The highest BCUT2D eigenvalue weighted by atomic mass is 16.1. The van der Waals surface area contributed by atoms with Crippen LogP contribution in [0.4, 0.5) is 0 Å². The molecule has 66 valence electrons. The van der Waals surface area contributed by atoms with Crippen molar-refractivity contribution in [3.05, 3.63) is 0 Å². The summed E-state index contributed by atoms with van der Waals surface area (Å²) in [5.41, 5.74) is 0.406. The van der Waals surface area contributed by atoms with E-state index in [9.17, 15) is 4.79 Å². The second-order valence-electron chi connectivity index (χ2n) is 4.96. The molecule has 0 bridgehead atoms. The minimum Gasteiger partial charge on any atom is -0.356 e. The molecule has 3 aliphatic rings. The maximum atomic E-state index is 11.1. The van der Waals surface area contributed by atoms with E-state index in [4.69, 9.17) is 0 Å². The number of carbonyl (C=O) groups excluding carboxylic acids is 1. The van der Waals surface area contributed by atoms with Crippen LogP contribution in [0.1, 0.15) is 32.1 Å². The van der Waals surface area contributed by atoms with Gasteiger partial charge in [-0.1, -0.05) is 0 Å². The van der Waals surface area contributed by atoms with E-state index in [2.05, 4.69) is 5.32 Å². The molecule has 3 rings (SSSR count). The molecule has 0 unspecified atom stereocenters. The fraction of sp³-hybridized carbons (Fsp3) is 0.900. The number of nitrogens with one attached hydrogen (secondary N) is 1. The van der Waals surface area contributed by atoms with Gasteiger partial charge in [-0.2, -0.15) is 0 Å². The van der Waals surface area contributed by atoms with Gasteiger partial charge in [-0.25, -0.2) is 0 Å². The van der Waals surface area contributed by atoms with Crippen LogP contribution in [0.25, 0.3) is 0 Å². The van der Waals surface area contributed by atoms with E-state index in [-0.39, 0.29) is 5.91 Å². The summed E-state index contributed by atoms with van der Waals surface area (Å²) in [6.07, 6.45) is 6.34. The lowest BCUT2D eigenvalue weighted by atomic mass is 9.77. The van der Waals surface area contributed by atoms with Crippen LogP contribution < -0.4 is 5.32 Å². The Hall–Kier alpha value is -0.530. The van der Waals surface area contributed by atoms with Crippen molar-refractivity contribution in [1.82, 2.24) is 5.32 Å². The Labute approximate surface area is 72.7 Å². The molecule has 12 heavy (non-hydrogen) atoms. The molecule has 1 amide bonds. The van der Waals surface area contributed by atoms with E-state index < -0.39 is 0 Å². The monoisotopic (exact) mass is 165 g/mol. The van der Waals surface area contributed by atoms with Crippen LogP contribution in [0.2, 0.25) is 0 Å². The summed E-state index contributed by atoms with van der Waals surface area (Å²) in [6.45, 7) is 0.971. The third-order valence-corrected chi connectivity index (χ3v) is 4.16. The molecule has 1 N–H and O–H groups in total. The Morgan fingerprint density at radius 3 is 2.33 bits per heavy atom. The molecular weight excluding hydrogens is 150 g/mol. The van der Waals surface area contributed by atoms with Gasteiger partial charge in [0.05, 0.1) is 0 Å². The second-order valence-corrected chi connectivity index (χ2v) is 4.96. The maximum Gasteiger partial charge on any atom is 0.220 e. The van der Waals surface area contributed by atoms with Gasteiger partial charge in [0, 0.05) is 13.0 Å². The van der Waals surface area contributed by atoms with Crippen molar-refractivity contribution in [2.24, 2.45) is 17.3 Å². The van der Waals surface area contributed by atoms with E-state index in [0.717, 1.165) is 24.8 Å². The highest BCUT2D eigenvalue weighted by Crippen LogP contribution is 2.57. The van der Waals surface area contributed by atoms with Crippen LogP contribution in [0.3, 0.4) is 0 Å². The molecule has 1 saturated heterocycles. The van der Waals surface area contributed by atoms with Crippen molar-refractivity contribution in [2.75, 3.05) is 6.54 Å². The first-order valence-corrected chi connectivity index (χ1v) is 5.04. The number of carbonyl (C=O) groups is 1. The SMILES string of the molecule is O=C1CC2(CN1)C[C@@H]1CC[C@H]1C2. The molecule has 0 aromatic carbocycles. The van der Waals surface area contributed by atoms with E-state index in [1.54, 1.807) is 0 Å². The van der Waals surface area contributed by atoms with Crippen LogP contribution in [0.15, 0.2) is 0 Å². The minimum atomic E-state index is 0.288. The Kier molecular flexibility index (Phi) is 1.18. The van der Waals surface area contributed by atoms with Crippen LogP contribution >= 0.6 is 0 Å². The van der Waals surface area contributed by atoms with Crippen LogP contribution in [-0.4, -0.2) is 12.5 Å². The zero-order valence-corrected chi connectivity index (χ0v) is 7.31. The van der Waals surface area contributed by atoms with Crippen molar-refractivity contribution in [1.29, 1.82) is 0 Å². The third kappa shape index (κ3) is 0.782. The van der Waals surface area contributed by atoms with Gasteiger partial charge in [-0.05, 0) is 42.9 Å². The normalized spacial score (nSPS) is 42.5.